The molecule has 24 heavy (non-hydrogen) atoms. The van der Waals surface area contributed by atoms with Crippen LogP contribution < -0.4 is 4.90 Å². The number of amides is 1. The Morgan fingerprint density at radius 2 is 2.17 bits per heavy atom. The van der Waals surface area contributed by atoms with Crippen molar-refractivity contribution in [3.8, 4) is 0 Å². The van der Waals surface area contributed by atoms with Gasteiger partial charge in [-0.15, -0.1) is 0 Å². The summed E-state index contributed by atoms with van der Waals surface area (Å²) in [6.07, 6.45) is 7.16. The van der Waals surface area contributed by atoms with Crippen LogP contribution in [0.4, 0.5) is 5.69 Å². The predicted octanol–water partition coefficient (Wildman–Crippen LogP) is 1.41. The highest BCUT2D eigenvalue weighted by atomic mass is 16.5. The van der Waals surface area contributed by atoms with Gasteiger partial charge >= 0.3 is 0 Å². The third-order valence-electron chi connectivity index (χ3n) is 4.98. The van der Waals surface area contributed by atoms with Crippen LogP contribution in [-0.4, -0.2) is 52.4 Å². The van der Waals surface area contributed by atoms with Crippen LogP contribution in [0.3, 0.4) is 0 Å². The lowest BCUT2D eigenvalue weighted by atomic mass is 9.89. The summed E-state index contributed by atoms with van der Waals surface area (Å²) in [5.74, 6) is 0.995. The van der Waals surface area contributed by atoms with Gasteiger partial charge < -0.3 is 14.1 Å². The van der Waals surface area contributed by atoms with E-state index in [2.05, 4.69) is 10.00 Å². The van der Waals surface area contributed by atoms with E-state index in [-0.39, 0.29) is 18.1 Å². The molecule has 2 aliphatic rings. The molecule has 0 radical (unpaired) electrons. The first-order valence-electron chi connectivity index (χ1n) is 8.31. The van der Waals surface area contributed by atoms with E-state index in [1.165, 1.54) is 0 Å². The van der Waals surface area contributed by atoms with Crippen LogP contribution in [0.25, 0.3) is 0 Å². The lowest BCUT2D eigenvalue weighted by molar-refractivity contribution is -0.145. The quantitative estimate of drug-likeness (QED) is 0.851. The van der Waals surface area contributed by atoms with Gasteiger partial charge in [-0.1, -0.05) is 0 Å². The lowest BCUT2D eigenvalue weighted by Gasteiger charge is -2.46. The Kier molecular flexibility index (Phi) is 3.90. The van der Waals surface area contributed by atoms with Gasteiger partial charge in [0.2, 0.25) is 0 Å². The molecule has 2 aromatic rings. The highest BCUT2D eigenvalue weighted by molar-refractivity contribution is 5.94. The summed E-state index contributed by atoms with van der Waals surface area (Å²) < 4.78 is 13.1. The number of rotatable bonds is 3. The minimum absolute atomic E-state index is 0.00615. The van der Waals surface area contributed by atoms with Gasteiger partial charge in [-0.3, -0.25) is 14.4 Å². The molecule has 128 valence electrons. The fourth-order valence-electron chi connectivity index (χ4n) is 3.54. The molecule has 0 aliphatic carbocycles. The predicted molar refractivity (Wildman–Crippen MR) is 87.5 cm³/mol. The number of aryl methyl sites for hydroxylation is 1. The summed E-state index contributed by atoms with van der Waals surface area (Å²) in [5, 5.41) is 4.18. The summed E-state index contributed by atoms with van der Waals surface area (Å²) in [4.78, 5) is 16.4. The van der Waals surface area contributed by atoms with Gasteiger partial charge in [0.25, 0.3) is 5.91 Å². The zero-order chi connectivity index (χ0) is 16.6. The number of nitrogens with zero attached hydrogens (tertiary/aromatic N) is 4. The van der Waals surface area contributed by atoms with Gasteiger partial charge in [-0.2, -0.15) is 5.10 Å². The second-order valence-corrected chi connectivity index (χ2v) is 6.68. The number of piperidine rings is 1. The molecular weight excluding hydrogens is 308 g/mol. The maximum Gasteiger partial charge on any atom is 0.253 e. The molecule has 1 amide bonds. The zero-order valence-corrected chi connectivity index (χ0v) is 13.9. The zero-order valence-electron chi connectivity index (χ0n) is 13.9. The number of likely N-dealkylation sites (tertiary alicyclic amines) is 1. The highest BCUT2D eigenvalue weighted by Gasteiger charge is 2.43. The highest BCUT2D eigenvalue weighted by Crippen LogP contribution is 2.33. The van der Waals surface area contributed by atoms with Crippen LogP contribution in [0, 0.1) is 0 Å². The normalized spacial score (nSPS) is 21.5. The van der Waals surface area contributed by atoms with Crippen molar-refractivity contribution in [1.29, 1.82) is 0 Å². The number of ether oxygens (including phenoxy) is 1. The molecule has 7 nitrogen and oxygen atoms in total. The van der Waals surface area contributed by atoms with E-state index in [9.17, 15) is 4.79 Å². The summed E-state index contributed by atoms with van der Waals surface area (Å²) in [6, 6.07) is 3.92. The second-order valence-electron chi connectivity index (χ2n) is 6.68. The first-order valence-corrected chi connectivity index (χ1v) is 8.31. The van der Waals surface area contributed by atoms with Crippen molar-refractivity contribution in [2.45, 2.75) is 25.0 Å². The Hall–Kier alpha value is -2.12. The van der Waals surface area contributed by atoms with Crippen molar-refractivity contribution < 1.29 is 13.9 Å². The van der Waals surface area contributed by atoms with E-state index in [4.69, 9.17) is 9.15 Å². The average molecular weight is 330 g/mol. The number of aromatic nitrogens is 2. The molecule has 7 heteroatoms. The maximum absolute atomic E-state index is 12.2. The van der Waals surface area contributed by atoms with E-state index in [1.54, 1.807) is 17.1 Å². The fourth-order valence-corrected chi connectivity index (χ4v) is 3.54. The molecule has 2 fully saturated rings. The van der Waals surface area contributed by atoms with E-state index >= 15 is 0 Å². The van der Waals surface area contributed by atoms with Crippen molar-refractivity contribution >= 4 is 11.6 Å². The molecule has 4 heterocycles. The Balaban J connectivity index is 1.42. The molecular formula is C17H22N4O3. The Bertz CT molecular complexity index is 701. The summed E-state index contributed by atoms with van der Waals surface area (Å²) >= 11 is 0. The molecule has 0 atom stereocenters. The molecule has 0 unspecified atom stereocenters. The van der Waals surface area contributed by atoms with Crippen LogP contribution in [0.15, 0.2) is 35.2 Å². The summed E-state index contributed by atoms with van der Waals surface area (Å²) in [5.41, 5.74) is 0.604. The van der Waals surface area contributed by atoms with Crippen molar-refractivity contribution in [2.75, 3.05) is 31.1 Å². The minimum atomic E-state index is -0.247. The van der Waals surface area contributed by atoms with Gasteiger partial charge in [0.05, 0.1) is 36.8 Å². The van der Waals surface area contributed by atoms with Crippen LogP contribution in [-0.2, 0) is 23.1 Å². The molecule has 4 rings (SSSR count). The third-order valence-corrected chi connectivity index (χ3v) is 4.98. The average Bonchev–Trinajstić information content (AvgIpc) is 3.24. The van der Waals surface area contributed by atoms with E-state index in [0.717, 1.165) is 43.9 Å². The number of anilines is 1. The number of morpholine rings is 1. The lowest BCUT2D eigenvalue weighted by Crippen LogP contribution is -2.58. The van der Waals surface area contributed by atoms with Gasteiger partial charge in [0.1, 0.15) is 12.4 Å². The molecule has 0 N–H and O–H groups in total. The van der Waals surface area contributed by atoms with Crippen molar-refractivity contribution in [3.05, 3.63) is 36.5 Å². The van der Waals surface area contributed by atoms with Gasteiger partial charge in [-0.25, -0.2) is 0 Å². The number of carbonyl (C=O) groups is 1. The summed E-state index contributed by atoms with van der Waals surface area (Å²) in [7, 11) is 1.86. The van der Waals surface area contributed by atoms with E-state index < -0.39 is 0 Å². The molecule has 2 saturated heterocycles. The van der Waals surface area contributed by atoms with E-state index in [0.29, 0.717) is 6.54 Å². The number of carbonyl (C=O) groups excluding carboxylic acids is 1. The molecule has 2 aliphatic heterocycles. The van der Waals surface area contributed by atoms with Gasteiger partial charge in [0, 0.05) is 26.3 Å². The molecule has 2 aromatic heterocycles. The Morgan fingerprint density at radius 3 is 2.83 bits per heavy atom. The van der Waals surface area contributed by atoms with Crippen LogP contribution >= 0.6 is 0 Å². The number of furan rings is 1. The summed E-state index contributed by atoms with van der Waals surface area (Å²) in [6.45, 7) is 3.46. The number of hydrogen-bond acceptors (Lipinski definition) is 5. The molecule has 0 bridgehead atoms. The monoisotopic (exact) mass is 330 g/mol. The van der Waals surface area contributed by atoms with Crippen molar-refractivity contribution in [2.24, 2.45) is 7.05 Å². The first-order chi connectivity index (χ1) is 11.6. The van der Waals surface area contributed by atoms with Crippen LogP contribution in [0.1, 0.15) is 18.6 Å². The van der Waals surface area contributed by atoms with Crippen molar-refractivity contribution in [3.63, 3.8) is 0 Å². The number of hydrogen-bond donors (Lipinski definition) is 0. The largest absolute Gasteiger partial charge is 0.468 e. The molecule has 1 spiro atoms. The topological polar surface area (TPSA) is 63.7 Å². The minimum Gasteiger partial charge on any atom is -0.468 e. The third kappa shape index (κ3) is 2.97. The molecule has 0 saturated carbocycles. The van der Waals surface area contributed by atoms with Crippen molar-refractivity contribution in [1.82, 2.24) is 14.7 Å². The Labute approximate surface area is 140 Å². The van der Waals surface area contributed by atoms with E-state index in [1.807, 2.05) is 30.3 Å². The Morgan fingerprint density at radius 1 is 1.33 bits per heavy atom. The first kappa shape index (κ1) is 15.4. The van der Waals surface area contributed by atoms with Crippen LogP contribution in [0.5, 0.6) is 0 Å². The standard InChI is InChI=1S/C17H22N4O3/c1-19-10-14(9-18-19)21-13-17(24-12-16(21)22)4-6-20(7-5-17)11-15-3-2-8-23-15/h2-3,8-10H,4-7,11-13H2,1H3. The SMILES string of the molecule is Cn1cc(N2CC3(CCN(Cc4ccco4)CC3)OCC2=O)cn1. The smallest absolute Gasteiger partial charge is 0.253 e. The van der Waals surface area contributed by atoms with Gasteiger partial charge in [-0.05, 0) is 25.0 Å². The second kappa shape index (κ2) is 6.07. The molecule has 0 aromatic carbocycles. The van der Waals surface area contributed by atoms with Gasteiger partial charge in [0.15, 0.2) is 0 Å². The van der Waals surface area contributed by atoms with Crippen LogP contribution in [0.2, 0.25) is 0 Å². The fraction of sp³-hybridized carbons (Fsp3) is 0.529. The maximum atomic E-state index is 12.2.